The maximum atomic E-state index is 13.1. The lowest BCUT2D eigenvalue weighted by atomic mass is 10.2. The molecule has 3 rings (SSSR count). The van der Waals surface area contributed by atoms with Gasteiger partial charge in [0, 0.05) is 13.1 Å². The molecule has 0 bridgehead atoms. The fraction of sp³-hybridized carbons (Fsp3) is 0.364. The monoisotopic (exact) mass is 465 g/mol. The normalized spacial score (nSPS) is 10.6. The van der Waals surface area contributed by atoms with Crippen molar-refractivity contribution in [3.63, 3.8) is 0 Å². The molecule has 1 heterocycles. The van der Waals surface area contributed by atoms with Crippen LogP contribution in [0.15, 0.2) is 36.4 Å². The van der Waals surface area contributed by atoms with Gasteiger partial charge in [-0.2, -0.15) is 0 Å². The average molecular weight is 466 g/mol. The number of nitrogens with zero attached hydrogens (tertiary/aromatic N) is 3. The summed E-state index contributed by atoms with van der Waals surface area (Å²) in [6.45, 7) is 3.12. The molecule has 0 aliphatic rings. The standard InChI is InChI=1S/C22H27N3O4S.ClH/c1-15-10-11-18(28-5)20-21(15)30-22(23-20)25(13-12-24(2)3)19(26)14-29-17-9-7-6-8-16(17)27-4;/h6-11H,12-14H2,1-5H3;1H. The molecule has 0 atom stereocenters. The van der Waals surface area contributed by atoms with Crippen molar-refractivity contribution in [2.24, 2.45) is 0 Å². The van der Waals surface area contributed by atoms with Gasteiger partial charge in [0.25, 0.3) is 5.91 Å². The third-order valence-electron chi connectivity index (χ3n) is 4.64. The molecule has 1 aromatic heterocycles. The number of benzene rings is 2. The van der Waals surface area contributed by atoms with Crippen LogP contribution in [0.4, 0.5) is 5.13 Å². The van der Waals surface area contributed by atoms with Gasteiger partial charge in [-0.05, 0) is 44.8 Å². The van der Waals surface area contributed by atoms with Crippen LogP contribution in [-0.2, 0) is 4.79 Å². The van der Waals surface area contributed by atoms with E-state index in [-0.39, 0.29) is 24.9 Å². The zero-order valence-corrected chi connectivity index (χ0v) is 20.0. The van der Waals surface area contributed by atoms with Crippen LogP contribution in [-0.4, -0.2) is 63.8 Å². The molecule has 9 heteroatoms. The predicted molar refractivity (Wildman–Crippen MR) is 128 cm³/mol. The topological polar surface area (TPSA) is 64.1 Å². The molecule has 168 valence electrons. The Morgan fingerprint density at radius 2 is 1.68 bits per heavy atom. The van der Waals surface area contributed by atoms with E-state index in [4.69, 9.17) is 19.2 Å². The number of rotatable bonds is 9. The minimum absolute atomic E-state index is 0. The Kier molecular flexibility index (Phi) is 8.91. The third kappa shape index (κ3) is 5.78. The number of likely N-dealkylation sites (N-methyl/N-ethyl adjacent to an activating group) is 1. The summed E-state index contributed by atoms with van der Waals surface area (Å²) in [4.78, 5) is 21.6. The number of methoxy groups -OCH3 is 2. The molecule has 0 aliphatic carbocycles. The Balaban J connectivity index is 0.00000341. The lowest BCUT2D eigenvalue weighted by Crippen LogP contribution is -2.39. The van der Waals surface area contributed by atoms with Crippen LogP contribution >= 0.6 is 23.7 Å². The second-order valence-electron chi connectivity index (χ2n) is 7.05. The first-order chi connectivity index (χ1) is 14.4. The summed E-state index contributed by atoms with van der Waals surface area (Å²) in [7, 11) is 7.14. The summed E-state index contributed by atoms with van der Waals surface area (Å²) in [5.74, 6) is 1.65. The summed E-state index contributed by atoms with van der Waals surface area (Å²) in [6, 6.07) is 11.2. The number of aryl methyl sites for hydroxylation is 1. The molecule has 0 saturated heterocycles. The van der Waals surface area contributed by atoms with Crippen molar-refractivity contribution in [3.05, 3.63) is 42.0 Å². The van der Waals surface area contributed by atoms with Crippen molar-refractivity contribution in [3.8, 4) is 17.2 Å². The van der Waals surface area contributed by atoms with E-state index in [2.05, 4.69) is 0 Å². The van der Waals surface area contributed by atoms with Gasteiger partial charge in [-0.25, -0.2) is 4.98 Å². The van der Waals surface area contributed by atoms with Crippen LogP contribution < -0.4 is 19.1 Å². The lowest BCUT2D eigenvalue weighted by molar-refractivity contribution is -0.120. The van der Waals surface area contributed by atoms with Crippen molar-refractivity contribution < 1.29 is 19.0 Å². The Bertz CT molecular complexity index is 1030. The molecule has 31 heavy (non-hydrogen) atoms. The van der Waals surface area contributed by atoms with Gasteiger partial charge in [0.2, 0.25) is 0 Å². The number of hydrogen-bond acceptors (Lipinski definition) is 7. The highest BCUT2D eigenvalue weighted by Gasteiger charge is 2.22. The zero-order chi connectivity index (χ0) is 21.7. The summed E-state index contributed by atoms with van der Waals surface area (Å²) in [5, 5.41) is 0.632. The molecule has 7 nitrogen and oxygen atoms in total. The fourth-order valence-electron chi connectivity index (χ4n) is 2.96. The maximum Gasteiger partial charge on any atom is 0.266 e. The van der Waals surface area contributed by atoms with E-state index in [1.54, 1.807) is 31.3 Å². The highest BCUT2D eigenvalue weighted by atomic mass is 35.5. The first kappa shape index (κ1) is 24.7. The number of halogens is 1. The van der Waals surface area contributed by atoms with Gasteiger partial charge >= 0.3 is 0 Å². The Morgan fingerprint density at radius 3 is 2.32 bits per heavy atom. The van der Waals surface area contributed by atoms with E-state index in [1.807, 2.05) is 50.2 Å². The number of hydrogen-bond donors (Lipinski definition) is 0. The van der Waals surface area contributed by atoms with E-state index in [0.717, 1.165) is 15.8 Å². The molecule has 2 aromatic carbocycles. The van der Waals surface area contributed by atoms with Gasteiger partial charge in [-0.3, -0.25) is 9.69 Å². The SMILES string of the molecule is COc1ccccc1OCC(=O)N(CCN(C)C)c1nc2c(OC)ccc(C)c2s1.Cl. The average Bonchev–Trinajstić information content (AvgIpc) is 3.18. The molecule has 1 amide bonds. The minimum Gasteiger partial charge on any atom is -0.494 e. The van der Waals surface area contributed by atoms with Crippen molar-refractivity contribution in [1.29, 1.82) is 0 Å². The van der Waals surface area contributed by atoms with Crippen molar-refractivity contribution in [1.82, 2.24) is 9.88 Å². The number of amides is 1. The molecule has 0 N–H and O–H groups in total. The van der Waals surface area contributed by atoms with Crippen LogP contribution in [0.1, 0.15) is 5.56 Å². The molecule has 0 aliphatic heterocycles. The smallest absolute Gasteiger partial charge is 0.266 e. The molecular weight excluding hydrogens is 438 g/mol. The second kappa shape index (κ2) is 11.2. The molecular formula is C22H28ClN3O4S. The van der Waals surface area contributed by atoms with Crippen molar-refractivity contribution in [2.45, 2.75) is 6.92 Å². The molecule has 0 fully saturated rings. The molecule has 0 spiro atoms. The Morgan fingerprint density at radius 1 is 1.00 bits per heavy atom. The van der Waals surface area contributed by atoms with Crippen LogP contribution in [0, 0.1) is 6.92 Å². The van der Waals surface area contributed by atoms with E-state index in [9.17, 15) is 4.79 Å². The van der Waals surface area contributed by atoms with Crippen LogP contribution in [0.5, 0.6) is 17.2 Å². The quantitative estimate of drug-likeness (QED) is 0.475. The van der Waals surface area contributed by atoms with Crippen LogP contribution in [0.2, 0.25) is 0 Å². The lowest BCUT2D eigenvalue weighted by Gasteiger charge is -2.22. The van der Waals surface area contributed by atoms with E-state index in [0.29, 0.717) is 35.5 Å². The zero-order valence-electron chi connectivity index (χ0n) is 18.4. The Hall–Kier alpha value is -2.55. The summed E-state index contributed by atoms with van der Waals surface area (Å²) in [5.41, 5.74) is 1.87. The van der Waals surface area contributed by atoms with Crippen molar-refractivity contribution in [2.75, 3.05) is 52.9 Å². The summed E-state index contributed by atoms with van der Waals surface area (Å²) >= 11 is 1.49. The molecule has 3 aromatic rings. The first-order valence-electron chi connectivity index (χ1n) is 9.59. The van der Waals surface area contributed by atoms with Crippen LogP contribution in [0.3, 0.4) is 0 Å². The summed E-state index contributed by atoms with van der Waals surface area (Å²) in [6.07, 6.45) is 0. The minimum atomic E-state index is -0.168. The largest absolute Gasteiger partial charge is 0.494 e. The number of carbonyl (C=O) groups excluding carboxylic acids is 1. The van der Waals surface area contributed by atoms with Gasteiger partial charge in [-0.15, -0.1) is 12.4 Å². The van der Waals surface area contributed by atoms with Crippen LogP contribution in [0.25, 0.3) is 10.2 Å². The molecule has 0 radical (unpaired) electrons. The highest BCUT2D eigenvalue weighted by molar-refractivity contribution is 7.22. The summed E-state index contributed by atoms with van der Waals surface area (Å²) < 4.78 is 17.5. The number of fused-ring (bicyclic) bond motifs is 1. The van der Waals surface area contributed by atoms with E-state index >= 15 is 0 Å². The molecule has 0 unspecified atom stereocenters. The van der Waals surface area contributed by atoms with Gasteiger partial charge in [0.1, 0.15) is 11.3 Å². The van der Waals surface area contributed by atoms with Crippen molar-refractivity contribution >= 4 is 45.0 Å². The molecule has 0 saturated carbocycles. The number of thiazole rings is 1. The third-order valence-corrected chi connectivity index (χ3v) is 5.85. The number of carbonyl (C=O) groups is 1. The van der Waals surface area contributed by atoms with Gasteiger partial charge in [0.05, 0.1) is 18.9 Å². The van der Waals surface area contributed by atoms with E-state index in [1.165, 1.54) is 11.3 Å². The van der Waals surface area contributed by atoms with E-state index < -0.39 is 0 Å². The number of aromatic nitrogens is 1. The van der Waals surface area contributed by atoms with Gasteiger partial charge in [0.15, 0.2) is 23.2 Å². The highest BCUT2D eigenvalue weighted by Crippen LogP contribution is 2.36. The first-order valence-corrected chi connectivity index (χ1v) is 10.4. The van der Waals surface area contributed by atoms with Gasteiger partial charge in [-0.1, -0.05) is 29.5 Å². The fourth-order valence-corrected chi connectivity index (χ4v) is 4.06. The number of para-hydroxylation sites is 2. The number of anilines is 1. The van der Waals surface area contributed by atoms with Gasteiger partial charge < -0.3 is 19.1 Å². The predicted octanol–water partition coefficient (Wildman–Crippen LogP) is 4.02. The Labute approximate surface area is 192 Å². The number of ether oxygens (including phenoxy) is 3. The second-order valence-corrected chi connectivity index (χ2v) is 8.02. The maximum absolute atomic E-state index is 13.1.